The lowest BCUT2D eigenvalue weighted by Gasteiger charge is -2.10. The number of rotatable bonds is 2. The molecular formula is C11H8ClFO2. The van der Waals surface area contributed by atoms with Crippen molar-refractivity contribution in [3.8, 4) is 0 Å². The highest BCUT2D eigenvalue weighted by Gasteiger charge is 2.17. The minimum atomic E-state index is -1.04. The number of furan rings is 1. The Morgan fingerprint density at radius 2 is 2.07 bits per heavy atom. The molecule has 0 aliphatic rings. The van der Waals surface area contributed by atoms with E-state index in [0.717, 1.165) is 0 Å². The third-order valence-electron chi connectivity index (χ3n) is 2.09. The Morgan fingerprint density at radius 1 is 1.27 bits per heavy atom. The van der Waals surface area contributed by atoms with Gasteiger partial charge in [-0.3, -0.25) is 0 Å². The Kier molecular flexibility index (Phi) is 2.75. The highest BCUT2D eigenvalue weighted by Crippen LogP contribution is 2.29. The minimum Gasteiger partial charge on any atom is -0.466 e. The lowest BCUT2D eigenvalue weighted by atomic mass is 10.1. The molecule has 0 amide bonds. The summed E-state index contributed by atoms with van der Waals surface area (Å²) >= 11 is 5.73. The molecule has 0 saturated carbocycles. The van der Waals surface area contributed by atoms with E-state index in [-0.39, 0.29) is 5.02 Å². The van der Waals surface area contributed by atoms with Crippen LogP contribution in [0.15, 0.2) is 41.0 Å². The number of aliphatic hydroxyl groups excluding tert-OH is 1. The maximum absolute atomic E-state index is 13.1. The summed E-state index contributed by atoms with van der Waals surface area (Å²) in [7, 11) is 0. The maximum atomic E-state index is 13.1. The van der Waals surface area contributed by atoms with E-state index < -0.39 is 11.9 Å². The second kappa shape index (κ2) is 4.04. The SMILES string of the molecule is OC(c1ccco1)c1cccc(F)c1Cl. The third-order valence-corrected chi connectivity index (χ3v) is 2.49. The first-order valence-electron chi connectivity index (χ1n) is 4.35. The van der Waals surface area contributed by atoms with Crippen molar-refractivity contribution in [3.63, 3.8) is 0 Å². The molecule has 0 aliphatic heterocycles. The number of hydrogen-bond donors (Lipinski definition) is 1. The van der Waals surface area contributed by atoms with E-state index in [1.807, 2.05) is 0 Å². The molecule has 0 radical (unpaired) electrons. The molecule has 4 heteroatoms. The lowest BCUT2D eigenvalue weighted by Crippen LogP contribution is -1.99. The van der Waals surface area contributed by atoms with E-state index in [2.05, 4.69) is 0 Å². The van der Waals surface area contributed by atoms with Crippen molar-refractivity contribution < 1.29 is 13.9 Å². The van der Waals surface area contributed by atoms with Gasteiger partial charge in [-0.25, -0.2) is 4.39 Å². The third kappa shape index (κ3) is 1.89. The molecular weight excluding hydrogens is 219 g/mol. The minimum absolute atomic E-state index is 0.0820. The topological polar surface area (TPSA) is 33.4 Å². The van der Waals surface area contributed by atoms with Crippen LogP contribution in [0.5, 0.6) is 0 Å². The molecule has 15 heavy (non-hydrogen) atoms. The Bertz CT molecular complexity index is 454. The summed E-state index contributed by atoms with van der Waals surface area (Å²) < 4.78 is 18.1. The lowest BCUT2D eigenvalue weighted by molar-refractivity contribution is 0.189. The van der Waals surface area contributed by atoms with Gasteiger partial charge >= 0.3 is 0 Å². The fourth-order valence-electron chi connectivity index (χ4n) is 1.33. The summed E-state index contributed by atoms with van der Waals surface area (Å²) in [5, 5.41) is 9.76. The van der Waals surface area contributed by atoms with Gasteiger partial charge < -0.3 is 9.52 Å². The van der Waals surface area contributed by atoms with Gasteiger partial charge in [0.25, 0.3) is 0 Å². The van der Waals surface area contributed by atoms with Gasteiger partial charge in [0.1, 0.15) is 17.7 Å². The average molecular weight is 227 g/mol. The van der Waals surface area contributed by atoms with E-state index >= 15 is 0 Å². The molecule has 1 unspecified atom stereocenters. The van der Waals surface area contributed by atoms with Crippen molar-refractivity contribution in [2.45, 2.75) is 6.10 Å². The van der Waals surface area contributed by atoms with Gasteiger partial charge in [-0.1, -0.05) is 23.7 Å². The van der Waals surface area contributed by atoms with Crippen LogP contribution >= 0.6 is 11.6 Å². The van der Waals surface area contributed by atoms with Crippen molar-refractivity contribution in [2.75, 3.05) is 0 Å². The Labute approximate surface area is 90.9 Å². The summed E-state index contributed by atoms with van der Waals surface area (Å²) in [6.07, 6.45) is 0.398. The van der Waals surface area contributed by atoms with Gasteiger partial charge in [-0.05, 0) is 18.2 Å². The van der Waals surface area contributed by atoms with E-state index in [9.17, 15) is 9.50 Å². The standard InChI is InChI=1S/C11H8ClFO2/c12-10-7(3-1-4-8(10)13)11(14)9-5-2-6-15-9/h1-6,11,14H. The molecule has 1 aromatic heterocycles. The summed E-state index contributed by atoms with van der Waals surface area (Å²) in [6, 6.07) is 7.53. The quantitative estimate of drug-likeness (QED) is 0.853. The molecule has 78 valence electrons. The second-order valence-electron chi connectivity index (χ2n) is 3.06. The fraction of sp³-hybridized carbons (Fsp3) is 0.0909. The monoisotopic (exact) mass is 226 g/mol. The van der Waals surface area contributed by atoms with Crippen LogP contribution in [0.4, 0.5) is 4.39 Å². The average Bonchev–Trinajstić information content (AvgIpc) is 2.74. The molecule has 0 aliphatic carbocycles. The predicted molar refractivity (Wildman–Crippen MR) is 54.2 cm³/mol. The van der Waals surface area contributed by atoms with Gasteiger partial charge in [0.15, 0.2) is 0 Å². The number of hydrogen-bond acceptors (Lipinski definition) is 2. The Balaban J connectivity index is 2.42. The van der Waals surface area contributed by atoms with Gasteiger partial charge in [-0.15, -0.1) is 0 Å². The van der Waals surface area contributed by atoms with Crippen LogP contribution in [0, 0.1) is 5.82 Å². The summed E-state index contributed by atoms with van der Waals surface area (Å²) in [5.41, 5.74) is 0.298. The van der Waals surface area contributed by atoms with Crippen molar-refractivity contribution in [2.24, 2.45) is 0 Å². The van der Waals surface area contributed by atoms with Crippen molar-refractivity contribution in [3.05, 3.63) is 58.8 Å². The maximum Gasteiger partial charge on any atom is 0.142 e. The highest BCUT2D eigenvalue weighted by atomic mass is 35.5. The van der Waals surface area contributed by atoms with E-state index in [1.165, 1.54) is 18.4 Å². The highest BCUT2D eigenvalue weighted by molar-refractivity contribution is 6.31. The Morgan fingerprint density at radius 3 is 2.73 bits per heavy atom. The van der Waals surface area contributed by atoms with Crippen LogP contribution in [0.25, 0.3) is 0 Å². The largest absolute Gasteiger partial charge is 0.466 e. The first-order valence-corrected chi connectivity index (χ1v) is 4.73. The van der Waals surface area contributed by atoms with Crippen LogP contribution in [0.3, 0.4) is 0 Å². The second-order valence-corrected chi connectivity index (χ2v) is 3.44. The van der Waals surface area contributed by atoms with Crippen molar-refractivity contribution >= 4 is 11.6 Å². The van der Waals surface area contributed by atoms with Crippen LogP contribution in [0.1, 0.15) is 17.4 Å². The zero-order valence-electron chi connectivity index (χ0n) is 7.65. The van der Waals surface area contributed by atoms with E-state index in [4.69, 9.17) is 16.0 Å². The predicted octanol–water partition coefficient (Wildman–Crippen LogP) is 3.15. The molecule has 1 heterocycles. The van der Waals surface area contributed by atoms with E-state index in [1.54, 1.807) is 18.2 Å². The van der Waals surface area contributed by atoms with E-state index in [0.29, 0.717) is 11.3 Å². The normalized spacial score (nSPS) is 12.7. The first kappa shape index (κ1) is 10.2. The molecule has 0 bridgehead atoms. The van der Waals surface area contributed by atoms with Gasteiger partial charge in [0.2, 0.25) is 0 Å². The molecule has 2 rings (SSSR count). The van der Waals surface area contributed by atoms with Gasteiger partial charge in [-0.2, -0.15) is 0 Å². The molecule has 0 saturated heterocycles. The van der Waals surface area contributed by atoms with Gasteiger partial charge in [0.05, 0.1) is 11.3 Å². The van der Waals surface area contributed by atoms with Crippen LogP contribution in [-0.2, 0) is 0 Å². The molecule has 1 N–H and O–H groups in total. The zero-order chi connectivity index (χ0) is 10.8. The smallest absolute Gasteiger partial charge is 0.142 e. The first-order chi connectivity index (χ1) is 7.20. The molecule has 0 spiro atoms. The molecule has 2 aromatic rings. The van der Waals surface area contributed by atoms with Crippen LogP contribution in [-0.4, -0.2) is 5.11 Å². The fourth-order valence-corrected chi connectivity index (χ4v) is 1.56. The molecule has 0 fully saturated rings. The number of halogens is 2. The zero-order valence-corrected chi connectivity index (χ0v) is 8.41. The van der Waals surface area contributed by atoms with Gasteiger partial charge in [0, 0.05) is 5.56 Å². The number of benzene rings is 1. The van der Waals surface area contributed by atoms with Crippen LogP contribution in [0.2, 0.25) is 5.02 Å². The Hall–Kier alpha value is -1.32. The summed E-state index contributed by atoms with van der Waals surface area (Å²) in [6.45, 7) is 0. The van der Waals surface area contributed by atoms with Crippen LogP contribution < -0.4 is 0 Å². The molecule has 1 atom stereocenters. The van der Waals surface area contributed by atoms with Crippen molar-refractivity contribution in [1.29, 1.82) is 0 Å². The summed E-state index contributed by atoms with van der Waals surface area (Å²) in [4.78, 5) is 0. The molecule has 1 aromatic carbocycles. The van der Waals surface area contributed by atoms with Crippen molar-refractivity contribution in [1.82, 2.24) is 0 Å². The number of aliphatic hydroxyl groups is 1. The molecule has 2 nitrogen and oxygen atoms in total. The summed E-state index contributed by atoms with van der Waals surface area (Å²) in [5.74, 6) is -0.220.